The van der Waals surface area contributed by atoms with Crippen LogP contribution in [0.4, 0.5) is 0 Å². The van der Waals surface area contributed by atoms with Gasteiger partial charge in [0.05, 0.1) is 6.10 Å². The number of hydrogen-bond acceptors (Lipinski definition) is 4. The Hall–Kier alpha value is -0.650. The Bertz CT molecular complexity index is 236. The lowest BCUT2D eigenvalue weighted by atomic mass is 10.1. The zero-order chi connectivity index (χ0) is 11.9. The van der Waals surface area contributed by atoms with E-state index in [1.807, 2.05) is 0 Å². The lowest BCUT2D eigenvalue weighted by Crippen LogP contribution is -2.47. The third-order valence-corrected chi connectivity index (χ3v) is 3.28. The van der Waals surface area contributed by atoms with E-state index >= 15 is 0 Å². The van der Waals surface area contributed by atoms with E-state index in [1.54, 1.807) is 0 Å². The molecule has 1 atom stereocenters. The third kappa shape index (κ3) is 4.61. The van der Waals surface area contributed by atoms with Crippen molar-refractivity contribution in [2.24, 2.45) is 0 Å². The highest BCUT2D eigenvalue weighted by Gasteiger charge is 2.18. The molecule has 2 aliphatic heterocycles. The fraction of sp³-hybridized carbons (Fsp3) is 0.917. The third-order valence-electron chi connectivity index (χ3n) is 3.28. The molecule has 0 radical (unpaired) electrons. The summed E-state index contributed by atoms with van der Waals surface area (Å²) in [6.07, 6.45) is 4.19. The molecule has 1 amide bonds. The minimum Gasteiger partial charge on any atom is -0.381 e. The standard InChI is InChI=1S/C12H22N2O3/c15-12(14-10-2-1-5-13-8-10)9-17-11-3-6-16-7-4-11/h10-11,13H,1-9H2,(H,14,15)/t10-/m0/s1. The van der Waals surface area contributed by atoms with Gasteiger partial charge in [-0.15, -0.1) is 0 Å². The molecule has 0 spiro atoms. The summed E-state index contributed by atoms with van der Waals surface area (Å²) in [7, 11) is 0. The number of piperidine rings is 1. The average molecular weight is 242 g/mol. The van der Waals surface area contributed by atoms with E-state index in [4.69, 9.17) is 9.47 Å². The summed E-state index contributed by atoms with van der Waals surface area (Å²) in [5, 5.41) is 6.27. The molecule has 2 heterocycles. The van der Waals surface area contributed by atoms with E-state index < -0.39 is 0 Å². The van der Waals surface area contributed by atoms with Crippen molar-refractivity contribution < 1.29 is 14.3 Å². The van der Waals surface area contributed by atoms with Crippen LogP contribution in [0.2, 0.25) is 0 Å². The predicted octanol–water partition coefficient (Wildman–Crippen LogP) is 0.0502. The minimum absolute atomic E-state index is 0.00481. The fourth-order valence-corrected chi connectivity index (χ4v) is 2.28. The van der Waals surface area contributed by atoms with Gasteiger partial charge in [-0.05, 0) is 32.2 Å². The Kier molecular flexibility index (Phi) is 5.22. The molecule has 0 aromatic rings. The van der Waals surface area contributed by atoms with Crippen LogP contribution in [0, 0.1) is 0 Å². The molecular formula is C12H22N2O3. The van der Waals surface area contributed by atoms with Crippen LogP contribution in [-0.2, 0) is 14.3 Å². The van der Waals surface area contributed by atoms with Crippen LogP contribution in [0.1, 0.15) is 25.7 Å². The minimum atomic E-state index is 0.00481. The predicted molar refractivity (Wildman–Crippen MR) is 63.8 cm³/mol. The number of carbonyl (C=O) groups is 1. The van der Waals surface area contributed by atoms with E-state index in [2.05, 4.69) is 10.6 Å². The first-order valence-corrected chi connectivity index (χ1v) is 6.54. The molecule has 5 heteroatoms. The van der Waals surface area contributed by atoms with Crippen LogP contribution in [0.25, 0.3) is 0 Å². The first-order valence-electron chi connectivity index (χ1n) is 6.54. The Morgan fingerprint density at radius 2 is 2.18 bits per heavy atom. The molecule has 17 heavy (non-hydrogen) atoms. The van der Waals surface area contributed by atoms with Crippen molar-refractivity contribution in [2.45, 2.75) is 37.8 Å². The zero-order valence-electron chi connectivity index (χ0n) is 10.2. The van der Waals surface area contributed by atoms with E-state index in [0.29, 0.717) is 0 Å². The summed E-state index contributed by atoms with van der Waals surface area (Å²) in [6, 6.07) is 0.273. The second-order valence-corrected chi connectivity index (χ2v) is 4.73. The van der Waals surface area contributed by atoms with Gasteiger partial charge in [0.25, 0.3) is 0 Å². The van der Waals surface area contributed by atoms with Gasteiger partial charge in [-0.3, -0.25) is 4.79 Å². The number of nitrogens with one attached hydrogen (secondary N) is 2. The van der Waals surface area contributed by atoms with Gasteiger partial charge in [0, 0.05) is 25.8 Å². The number of amides is 1. The van der Waals surface area contributed by atoms with Gasteiger partial charge in [0.2, 0.25) is 5.91 Å². The maximum Gasteiger partial charge on any atom is 0.246 e. The van der Waals surface area contributed by atoms with Crippen molar-refractivity contribution >= 4 is 5.91 Å². The Morgan fingerprint density at radius 3 is 2.88 bits per heavy atom. The highest BCUT2D eigenvalue weighted by molar-refractivity contribution is 5.77. The lowest BCUT2D eigenvalue weighted by molar-refractivity contribution is -0.130. The van der Waals surface area contributed by atoms with Gasteiger partial charge >= 0.3 is 0 Å². The first kappa shape index (κ1) is 12.8. The zero-order valence-corrected chi connectivity index (χ0v) is 10.2. The molecule has 2 N–H and O–H groups in total. The van der Waals surface area contributed by atoms with Gasteiger partial charge in [-0.25, -0.2) is 0 Å². The van der Waals surface area contributed by atoms with E-state index in [9.17, 15) is 4.79 Å². The molecule has 2 rings (SSSR count). The number of rotatable bonds is 4. The van der Waals surface area contributed by atoms with Crippen LogP contribution in [-0.4, -0.2) is 51.0 Å². The summed E-state index contributed by atoms with van der Waals surface area (Å²) < 4.78 is 10.8. The van der Waals surface area contributed by atoms with Gasteiger partial charge in [-0.2, -0.15) is 0 Å². The highest BCUT2D eigenvalue weighted by Crippen LogP contribution is 2.10. The second-order valence-electron chi connectivity index (χ2n) is 4.73. The Labute approximate surface area is 102 Å². The molecule has 0 aromatic carbocycles. The largest absolute Gasteiger partial charge is 0.381 e. The van der Waals surface area contributed by atoms with Crippen molar-refractivity contribution in [2.75, 3.05) is 32.9 Å². The number of carbonyl (C=O) groups excluding carboxylic acids is 1. The van der Waals surface area contributed by atoms with Crippen LogP contribution in [0.15, 0.2) is 0 Å². The van der Waals surface area contributed by atoms with Crippen LogP contribution in [0.5, 0.6) is 0 Å². The van der Waals surface area contributed by atoms with Crippen LogP contribution < -0.4 is 10.6 Å². The quantitative estimate of drug-likeness (QED) is 0.731. The molecule has 0 unspecified atom stereocenters. The van der Waals surface area contributed by atoms with Crippen molar-refractivity contribution in [3.05, 3.63) is 0 Å². The lowest BCUT2D eigenvalue weighted by Gasteiger charge is -2.25. The van der Waals surface area contributed by atoms with Crippen molar-refractivity contribution in [1.82, 2.24) is 10.6 Å². The molecule has 98 valence electrons. The highest BCUT2D eigenvalue weighted by atomic mass is 16.5. The fourth-order valence-electron chi connectivity index (χ4n) is 2.28. The van der Waals surface area contributed by atoms with E-state index in [-0.39, 0.29) is 24.7 Å². The molecule has 0 aromatic heterocycles. The second kappa shape index (κ2) is 6.93. The molecule has 5 nitrogen and oxygen atoms in total. The molecule has 0 aliphatic carbocycles. The van der Waals surface area contributed by atoms with Gasteiger partial charge in [-0.1, -0.05) is 0 Å². The van der Waals surface area contributed by atoms with Crippen LogP contribution in [0.3, 0.4) is 0 Å². The summed E-state index contributed by atoms with van der Waals surface area (Å²) in [6.45, 7) is 3.62. The van der Waals surface area contributed by atoms with Gasteiger partial charge < -0.3 is 20.1 Å². The van der Waals surface area contributed by atoms with Gasteiger partial charge in [0.15, 0.2) is 0 Å². The monoisotopic (exact) mass is 242 g/mol. The molecular weight excluding hydrogens is 220 g/mol. The van der Waals surface area contributed by atoms with E-state index in [1.165, 1.54) is 0 Å². The summed E-state index contributed by atoms with van der Waals surface area (Å²) in [5.41, 5.74) is 0. The average Bonchev–Trinajstić information content (AvgIpc) is 2.39. The van der Waals surface area contributed by atoms with E-state index in [0.717, 1.165) is 52.0 Å². The smallest absolute Gasteiger partial charge is 0.246 e. The summed E-state index contributed by atoms with van der Waals surface area (Å²) in [5.74, 6) is 0.00481. The Morgan fingerprint density at radius 1 is 1.35 bits per heavy atom. The molecule has 2 fully saturated rings. The maximum atomic E-state index is 11.7. The molecule has 0 bridgehead atoms. The SMILES string of the molecule is O=C(COC1CCOCC1)N[C@H]1CCCNC1. The van der Waals surface area contributed by atoms with Crippen molar-refractivity contribution in [1.29, 1.82) is 0 Å². The topological polar surface area (TPSA) is 59.6 Å². The number of ether oxygens (including phenoxy) is 2. The summed E-state index contributed by atoms with van der Waals surface area (Å²) in [4.78, 5) is 11.7. The Balaban J connectivity index is 1.59. The molecule has 2 aliphatic rings. The van der Waals surface area contributed by atoms with Crippen LogP contribution >= 0.6 is 0 Å². The van der Waals surface area contributed by atoms with Crippen molar-refractivity contribution in [3.63, 3.8) is 0 Å². The normalized spacial score (nSPS) is 26.7. The van der Waals surface area contributed by atoms with Crippen molar-refractivity contribution in [3.8, 4) is 0 Å². The molecule has 2 saturated heterocycles. The number of hydrogen-bond donors (Lipinski definition) is 2. The first-order chi connectivity index (χ1) is 8.34. The van der Waals surface area contributed by atoms with Gasteiger partial charge in [0.1, 0.15) is 6.61 Å². The maximum absolute atomic E-state index is 11.7. The molecule has 0 saturated carbocycles. The summed E-state index contributed by atoms with van der Waals surface area (Å²) >= 11 is 0.